The monoisotopic (exact) mass is 446 g/mol. The molecule has 1 aliphatic carbocycles. The van der Waals surface area contributed by atoms with E-state index in [1.54, 1.807) is 30.3 Å². The highest BCUT2D eigenvalue weighted by Crippen LogP contribution is 2.21. The molecule has 0 aliphatic heterocycles. The Balaban J connectivity index is 1.58. The van der Waals surface area contributed by atoms with Gasteiger partial charge in [-0.15, -0.1) is 0 Å². The summed E-state index contributed by atoms with van der Waals surface area (Å²) in [5.74, 6) is -1.59. The van der Waals surface area contributed by atoms with Crippen molar-refractivity contribution in [2.45, 2.75) is 50.3 Å². The van der Waals surface area contributed by atoms with Crippen LogP contribution < -0.4 is 10.6 Å². The van der Waals surface area contributed by atoms with Gasteiger partial charge in [0.1, 0.15) is 17.8 Å². The van der Waals surface area contributed by atoms with E-state index in [1.807, 2.05) is 0 Å². The van der Waals surface area contributed by atoms with Crippen LogP contribution in [0.4, 0.5) is 11.5 Å². The number of carboxylic acids is 1. The van der Waals surface area contributed by atoms with Crippen LogP contribution in [0.2, 0.25) is 0 Å². The molecule has 1 aliphatic rings. The lowest BCUT2D eigenvalue weighted by atomic mass is 9.95. The Morgan fingerprint density at radius 1 is 1.06 bits per heavy atom. The molecule has 31 heavy (non-hydrogen) atoms. The lowest BCUT2D eigenvalue weighted by Crippen LogP contribution is -2.23. The molecule has 0 saturated heterocycles. The third-order valence-electron chi connectivity index (χ3n) is 5.08. The van der Waals surface area contributed by atoms with Gasteiger partial charge in [0.05, 0.1) is 17.9 Å². The Hall–Kier alpha value is -3.01. The SMILES string of the molecule is O=C(O)CCS(=O)(=O)Cc1ccc(NC(=O)c2cc(NC3CCCCC3)ncn2)cc1. The largest absolute Gasteiger partial charge is 0.481 e. The van der Waals surface area contributed by atoms with E-state index in [0.717, 1.165) is 12.8 Å². The summed E-state index contributed by atoms with van der Waals surface area (Å²) in [7, 11) is -3.52. The first-order chi connectivity index (χ1) is 14.8. The Morgan fingerprint density at radius 3 is 2.45 bits per heavy atom. The van der Waals surface area contributed by atoms with Crippen LogP contribution in [-0.2, 0) is 20.4 Å². The molecule has 2 aromatic rings. The normalized spacial score (nSPS) is 14.7. The Morgan fingerprint density at radius 2 is 1.77 bits per heavy atom. The van der Waals surface area contributed by atoms with Crippen molar-refractivity contribution in [2.24, 2.45) is 0 Å². The molecule has 1 saturated carbocycles. The minimum atomic E-state index is -3.52. The van der Waals surface area contributed by atoms with Crippen LogP contribution in [0.5, 0.6) is 0 Å². The molecule has 0 radical (unpaired) electrons. The summed E-state index contributed by atoms with van der Waals surface area (Å²) in [5, 5.41) is 14.7. The molecule has 3 rings (SSSR count). The van der Waals surface area contributed by atoms with E-state index in [9.17, 15) is 18.0 Å². The summed E-state index contributed by atoms with van der Waals surface area (Å²) in [6.45, 7) is 0. The average molecular weight is 447 g/mol. The summed E-state index contributed by atoms with van der Waals surface area (Å²) < 4.78 is 23.9. The molecule has 1 amide bonds. The maximum absolute atomic E-state index is 12.5. The van der Waals surface area contributed by atoms with Crippen LogP contribution in [0.15, 0.2) is 36.7 Å². The third-order valence-corrected chi connectivity index (χ3v) is 6.68. The number of nitrogens with zero attached hydrogens (tertiary/aromatic N) is 2. The summed E-state index contributed by atoms with van der Waals surface area (Å²) >= 11 is 0. The molecule has 0 atom stereocenters. The minimum Gasteiger partial charge on any atom is -0.481 e. The topological polar surface area (TPSA) is 138 Å². The fourth-order valence-corrected chi connectivity index (χ4v) is 4.80. The van der Waals surface area contributed by atoms with Gasteiger partial charge in [-0.3, -0.25) is 9.59 Å². The number of rotatable bonds is 9. The number of amides is 1. The molecule has 1 heterocycles. The number of aliphatic carboxylic acids is 1. The average Bonchev–Trinajstić information content (AvgIpc) is 2.74. The van der Waals surface area contributed by atoms with Crippen molar-refractivity contribution >= 4 is 33.2 Å². The maximum Gasteiger partial charge on any atom is 0.304 e. The van der Waals surface area contributed by atoms with Crippen molar-refractivity contribution in [3.05, 3.63) is 47.9 Å². The Kier molecular flexibility index (Phi) is 7.56. The number of sulfone groups is 1. The summed E-state index contributed by atoms with van der Waals surface area (Å²) in [4.78, 5) is 31.3. The quantitative estimate of drug-likeness (QED) is 0.534. The van der Waals surface area contributed by atoms with Crippen LogP contribution >= 0.6 is 0 Å². The van der Waals surface area contributed by atoms with Gasteiger partial charge in [0.15, 0.2) is 9.84 Å². The number of carbonyl (C=O) groups is 2. The van der Waals surface area contributed by atoms with Crippen LogP contribution in [0.3, 0.4) is 0 Å². The van der Waals surface area contributed by atoms with Gasteiger partial charge in [0.2, 0.25) is 0 Å². The number of nitrogens with one attached hydrogen (secondary N) is 2. The molecule has 1 aromatic heterocycles. The number of anilines is 2. The van der Waals surface area contributed by atoms with Crippen LogP contribution in [-0.4, -0.2) is 47.2 Å². The zero-order chi connectivity index (χ0) is 22.3. The van der Waals surface area contributed by atoms with E-state index < -0.39 is 33.9 Å². The van der Waals surface area contributed by atoms with Gasteiger partial charge in [-0.1, -0.05) is 31.4 Å². The van der Waals surface area contributed by atoms with Crippen LogP contribution in [0, 0.1) is 0 Å². The zero-order valence-corrected chi connectivity index (χ0v) is 17.9. The van der Waals surface area contributed by atoms with E-state index in [1.165, 1.54) is 25.6 Å². The molecule has 1 fully saturated rings. The molecule has 3 N–H and O–H groups in total. The zero-order valence-electron chi connectivity index (χ0n) is 17.1. The Labute approximate surface area is 181 Å². The van der Waals surface area contributed by atoms with Crippen molar-refractivity contribution in [3.63, 3.8) is 0 Å². The molecule has 9 nitrogen and oxygen atoms in total. The van der Waals surface area contributed by atoms with Gasteiger partial charge in [-0.25, -0.2) is 18.4 Å². The van der Waals surface area contributed by atoms with Crippen LogP contribution in [0.1, 0.15) is 54.6 Å². The van der Waals surface area contributed by atoms with Crippen molar-refractivity contribution in [2.75, 3.05) is 16.4 Å². The molecule has 0 spiro atoms. The van der Waals surface area contributed by atoms with E-state index in [0.29, 0.717) is 23.1 Å². The van der Waals surface area contributed by atoms with Gasteiger partial charge >= 0.3 is 5.97 Å². The van der Waals surface area contributed by atoms with Crippen molar-refractivity contribution in [3.8, 4) is 0 Å². The first kappa shape index (κ1) is 22.7. The highest BCUT2D eigenvalue weighted by molar-refractivity contribution is 7.90. The van der Waals surface area contributed by atoms with Crippen molar-refractivity contribution in [1.29, 1.82) is 0 Å². The van der Waals surface area contributed by atoms with E-state index in [2.05, 4.69) is 20.6 Å². The summed E-state index contributed by atoms with van der Waals surface area (Å²) in [6.07, 6.45) is 6.73. The fourth-order valence-electron chi connectivity index (χ4n) is 3.46. The predicted molar refractivity (Wildman–Crippen MR) is 117 cm³/mol. The summed E-state index contributed by atoms with van der Waals surface area (Å²) in [5.41, 5.74) is 1.25. The highest BCUT2D eigenvalue weighted by Gasteiger charge is 2.16. The first-order valence-corrected chi connectivity index (χ1v) is 12.0. The number of hydrogen-bond donors (Lipinski definition) is 3. The first-order valence-electron chi connectivity index (χ1n) is 10.2. The van der Waals surface area contributed by atoms with E-state index in [-0.39, 0.29) is 11.4 Å². The molecule has 10 heteroatoms. The van der Waals surface area contributed by atoms with Gasteiger partial charge in [0, 0.05) is 17.8 Å². The second kappa shape index (κ2) is 10.3. The fraction of sp³-hybridized carbons (Fsp3) is 0.429. The standard InChI is InChI=1S/C21H26N4O5S/c26-20(27)10-11-31(29,30)13-15-6-8-17(9-7-15)25-21(28)18-12-19(23-14-22-18)24-16-4-2-1-3-5-16/h6-9,12,14,16H,1-5,10-11,13H2,(H,25,28)(H,26,27)(H,22,23,24). The lowest BCUT2D eigenvalue weighted by molar-refractivity contribution is -0.136. The van der Waals surface area contributed by atoms with E-state index in [4.69, 9.17) is 5.11 Å². The van der Waals surface area contributed by atoms with Gasteiger partial charge in [-0.05, 0) is 30.5 Å². The minimum absolute atomic E-state index is 0.230. The number of aromatic nitrogens is 2. The molecule has 0 bridgehead atoms. The highest BCUT2D eigenvalue weighted by atomic mass is 32.2. The van der Waals surface area contributed by atoms with E-state index >= 15 is 0 Å². The second-order valence-corrected chi connectivity index (χ2v) is 9.84. The summed E-state index contributed by atoms with van der Waals surface area (Å²) in [6, 6.07) is 8.35. The molecular formula is C21H26N4O5S. The predicted octanol–water partition coefficient (Wildman–Crippen LogP) is 2.86. The second-order valence-electron chi connectivity index (χ2n) is 7.65. The van der Waals surface area contributed by atoms with Gasteiger partial charge in [-0.2, -0.15) is 0 Å². The van der Waals surface area contributed by atoms with Crippen molar-refractivity contribution in [1.82, 2.24) is 9.97 Å². The molecule has 0 unspecified atom stereocenters. The number of benzene rings is 1. The number of carbonyl (C=O) groups excluding carboxylic acids is 1. The van der Waals surface area contributed by atoms with Gasteiger partial charge < -0.3 is 15.7 Å². The lowest BCUT2D eigenvalue weighted by Gasteiger charge is -2.23. The molecule has 166 valence electrons. The number of hydrogen-bond acceptors (Lipinski definition) is 7. The maximum atomic E-state index is 12.5. The van der Waals surface area contributed by atoms with Gasteiger partial charge in [0.25, 0.3) is 5.91 Å². The molecular weight excluding hydrogens is 420 g/mol. The molecule has 1 aromatic carbocycles. The Bertz CT molecular complexity index is 1020. The van der Waals surface area contributed by atoms with Crippen molar-refractivity contribution < 1.29 is 23.1 Å². The smallest absolute Gasteiger partial charge is 0.304 e. The number of carboxylic acid groups (broad SMARTS) is 1. The van der Waals surface area contributed by atoms with Crippen LogP contribution in [0.25, 0.3) is 0 Å². The third kappa shape index (κ3) is 7.32.